The van der Waals surface area contributed by atoms with E-state index in [1.165, 1.54) is 11.8 Å². The molecule has 2 N–H and O–H groups in total. The average molecular weight is 269 g/mol. The van der Waals surface area contributed by atoms with E-state index < -0.39 is 0 Å². The number of aryl methyl sites for hydroxylation is 1. The molecule has 0 spiro atoms. The van der Waals surface area contributed by atoms with Crippen LogP contribution >= 0.6 is 11.8 Å². The number of aromatic nitrogens is 2. The number of aromatic amines is 1. The molecule has 0 aliphatic heterocycles. The molecule has 100 valence electrons. The van der Waals surface area contributed by atoms with Crippen LogP contribution in [0.4, 0.5) is 0 Å². The summed E-state index contributed by atoms with van der Waals surface area (Å²) in [4.78, 5) is 30.0. The number of H-pyrrole nitrogens is 1. The van der Waals surface area contributed by atoms with Crippen molar-refractivity contribution < 1.29 is 4.79 Å². The van der Waals surface area contributed by atoms with E-state index in [1.807, 2.05) is 20.8 Å². The number of thioether (sulfide) groups is 1. The molecule has 0 unspecified atom stereocenters. The average Bonchev–Trinajstić information content (AvgIpc) is 2.20. The fourth-order valence-electron chi connectivity index (χ4n) is 1.28. The normalized spacial score (nSPS) is 11.4. The van der Waals surface area contributed by atoms with E-state index in [-0.39, 0.29) is 22.8 Å². The quantitative estimate of drug-likeness (QED) is 0.642. The van der Waals surface area contributed by atoms with Gasteiger partial charge in [0.05, 0.1) is 5.75 Å². The summed E-state index contributed by atoms with van der Waals surface area (Å²) in [6.45, 7) is 9.27. The molecule has 0 fully saturated rings. The number of nitrogens with zero attached hydrogens (tertiary/aromatic N) is 1. The molecule has 1 heterocycles. The summed E-state index contributed by atoms with van der Waals surface area (Å²) in [7, 11) is 0. The minimum absolute atomic E-state index is 0.0756. The maximum atomic E-state index is 11.6. The van der Waals surface area contributed by atoms with Crippen molar-refractivity contribution in [3.8, 4) is 0 Å². The molecular formula is C12H19N3O2S. The first-order valence-electron chi connectivity index (χ1n) is 5.70. The molecule has 0 aliphatic rings. The first-order chi connectivity index (χ1) is 8.19. The predicted molar refractivity (Wildman–Crippen MR) is 73.0 cm³/mol. The lowest BCUT2D eigenvalue weighted by molar-refractivity contribution is -0.119. The molecule has 5 nitrogen and oxygen atoms in total. The third-order valence-corrected chi connectivity index (χ3v) is 3.10. The summed E-state index contributed by atoms with van der Waals surface area (Å²) in [6.07, 6.45) is 0. The molecule has 18 heavy (non-hydrogen) atoms. The molecule has 0 aliphatic carbocycles. The Kier molecular flexibility index (Phi) is 4.56. The molecule has 0 saturated carbocycles. The van der Waals surface area contributed by atoms with Gasteiger partial charge >= 0.3 is 0 Å². The fraction of sp³-hybridized carbons (Fsp3) is 0.583. The van der Waals surface area contributed by atoms with E-state index in [9.17, 15) is 9.59 Å². The lowest BCUT2D eigenvalue weighted by Gasteiger charge is -2.20. The smallest absolute Gasteiger partial charge is 0.254 e. The number of amides is 1. The molecule has 0 aromatic carbocycles. The molecule has 1 rings (SSSR count). The van der Waals surface area contributed by atoms with Crippen molar-refractivity contribution in [3.05, 3.63) is 21.6 Å². The maximum Gasteiger partial charge on any atom is 0.254 e. The van der Waals surface area contributed by atoms with Crippen molar-refractivity contribution in [2.75, 3.05) is 5.75 Å². The van der Waals surface area contributed by atoms with Gasteiger partial charge in [0.2, 0.25) is 5.91 Å². The molecule has 0 atom stereocenters. The SMILES string of the molecule is Cc1nc(SCC(=O)NC(C)(C)C)[nH]c(=O)c1C. The van der Waals surface area contributed by atoms with Crippen LogP contribution in [-0.4, -0.2) is 27.2 Å². The van der Waals surface area contributed by atoms with Gasteiger partial charge in [-0.05, 0) is 34.6 Å². The monoisotopic (exact) mass is 269 g/mol. The van der Waals surface area contributed by atoms with Crippen LogP contribution in [0.25, 0.3) is 0 Å². The van der Waals surface area contributed by atoms with Gasteiger partial charge in [-0.2, -0.15) is 0 Å². The Labute approximate surface area is 111 Å². The second-order valence-electron chi connectivity index (χ2n) is 5.17. The van der Waals surface area contributed by atoms with Gasteiger partial charge in [-0.15, -0.1) is 0 Å². The van der Waals surface area contributed by atoms with Crippen LogP contribution in [0, 0.1) is 13.8 Å². The van der Waals surface area contributed by atoms with E-state index in [0.717, 1.165) is 0 Å². The fourth-order valence-corrected chi connectivity index (χ4v) is 1.98. The summed E-state index contributed by atoms with van der Waals surface area (Å²) in [5.74, 6) is 0.163. The van der Waals surface area contributed by atoms with Crippen molar-refractivity contribution in [2.24, 2.45) is 0 Å². The lowest BCUT2D eigenvalue weighted by atomic mass is 10.1. The summed E-state index contributed by atoms with van der Waals surface area (Å²) in [6, 6.07) is 0. The highest BCUT2D eigenvalue weighted by Gasteiger charge is 2.14. The predicted octanol–water partition coefficient (Wildman–Crippen LogP) is 1.39. The van der Waals surface area contributed by atoms with Gasteiger partial charge in [-0.25, -0.2) is 4.98 Å². The van der Waals surface area contributed by atoms with Crippen molar-refractivity contribution in [1.29, 1.82) is 0 Å². The molecule has 1 aromatic heterocycles. The van der Waals surface area contributed by atoms with Gasteiger partial charge in [0, 0.05) is 16.8 Å². The summed E-state index contributed by atoms with van der Waals surface area (Å²) >= 11 is 1.23. The van der Waals surface area contributed by atoms with Crippen LogP contribution in [0.3, 0.4) is 0 Å². The number of carbonyl (C=O) groups excluding carboxylic acids is 1. The highest BCUT2D eigenvalue weighted by Crippen LogP contribution is 2.12. The Balaban J connectivity index is 2.65. The zero-order chi connectivity index (χ0) is 13.9. The van der Waals surface area contributed by atoms with Gasteiger partial charge < -0.3 is 10.3 Å². The molecule has 0 saturated heterocycles. The Morgan fingerprint density at radius 3 is 2.50 bits per heavy atom. The van der Waals surface area contributed by atoms with Crippen LogP contribution in [0.15, 0.2) is 9.95 Å². The first kappa shape index (κ1) is 14.8. The Morgan fingerprint density at radius 1 is 1.39 bits per heavy atom. The van der Waals surface area contributed by atoms with Crippen molar-refractivity contribution in [3.63, 3.8) is 0 Å². The third kappa shape index (κ3) is 4.52. The maximum absolute atomic E-state index is 11.6. The van der Waals surface area contributed by atoms with Gasteiger partial charge in [-0.1, -0.05) is 11.8 Å². The highest BCUT2D eigenvalue weighted by atomic mass is 32.2. The second-order valence-corrected chi connectivity index (χ2v) is 6.13. The van der Waals surface area contributed by atoms with Crippen LogP contribution in [0.1, 0.15) is 32.0 Å². The largest absolute Gasteiger partial charge is 0.351 e. The first-order valence-corrected chi connectivity index (χ1v) is 6.69. The molecule has 1 aromatic rings. The summed E-state index contributed by atoms with van der Waals surface area (Å²) in [5, 5.41) is 3.33. The summed E-state index contributed by atoms with van der Waals surface area (Å²) in [5.41, 5.74) is 0.902. The number of rotatable bonds is 3. The van der Waals surface area contributed by atoms with E-state index in [2.05, 4.69) is 15.3 Å². The Hall–Kier alpha value is -1.30. The highest BCUT2D eigenvalue weighted by molar-refractivity contribution is 7.99. The Bertz CT molecular complexity index is 503. The van der Waals surface area contributed by atoms with Crippen molar-refractivity contribution >= 4 is 17.7 Å². The van der Waals surface area contributed by atoms with E-state index in [0.29, 0.717) is 16.4 Å². The number of hydrogen-bond acceptors (Lipinski definition) is 4. The van der Waals surface area contributed by atoms with E-state index >= 15 is 0 Å². The molecular weight excluding hydrogens is 250 g/mol. The topological polar surface area (TPSA) is 74.8 Å². The minimum Gasteiger partial charge on any atom is -0.351 e. The number of hydrogen-bond donors (Lipinski definition) is 2. The van der Waals surface area contributed by atoms with Gasteiger partial charge in [0.15, 0.2) is 5.16 Å². The molecule has 1 amide bonds. The van der Waals surface area contributed by atoms with Gasteiger partial charge in [0.25, 0.3) is 5.56 Å². The zero-order valence-corrected chi connectivity index (χ0v) is 12.2. The van der Waals surface area contributed by atoms with Crippen molar-refractivity contribution in [1.82, 2.24) is 15.3 Å². The summed E-state index contributed by atoms with van der Waals surface area (Å²) < 4.78 is 0. The number of carbonyl (C=O) groups is 1. The molecule has 6 heteroatoms. The van der Waals surface area contributed by atoms with E-state index in [4.69, 9.17) is 0 Å². The third-order valence-electron chi connectivity index (χ3n) is 2.23. The van der Waals surface area contributed by atoms with Crippen molar-refractivity contribution in [2.45, 2.75) is 45.3 Å². The Morgan fingerprint density at radius 2 is 2.00 bits per heavy atom. The van der Waals surface area contributed by atoms with Crippen LogP contribution < -0.4 is 10.9 Å². The van der Waals surface area contributed by atoms with Crippen LogP contribution in [0.5, 0.6) is 0 Å². The molecule has 0 bridgehead atoms. The standard InChI is InChI=1S/C12H19N3O2S/c1-7-8(2)13-11(14-10(7)17)18-6-9(16)15-12(3,4)5/h6H2,1-5H3,(H,15,16)(H,13,14,17). The van der Waals surface area contributed by atoms with Gasteiger partial charge in [0.1, 0.15) is 0 Å². The van der Waals surface area contributed by atoms with Crippen LogP contribution in [0.2, 0.25) is 0 Å². The van der Waals surface area contributed by atoms with Crippen LogP contribution in [-0.2, 0) is 4.79 Å². The zero-order valence-electron chi connectivity index (χ0n) is 11.4. The second kappa shape index (κ2) is 5.56. The lowest BCUT2D eigenvalue weighted by Crippen LogP contribution is -2.41. The molecule has 0 radical (unpaired) electrons. The van der Waals surface area contributed by atoms with Gasteiger partial charge in [-0.3, -0.25) is 9.59 Å². The minimum atomic E-state index is -0.248. The van der Waals surface area contributed by atoms with E-state index in [1.54, 1.807) is 13.8 Å². The number of nitrogens with one attached hydrogen (secondary N) is 2.